The zero-order valence-corrected chi connectivity index (χ0v) is 11.6. The number of rotatable bonds is 7. The van der Waals surface area contributed by atoms with Crippen molar-refractivity contribution in [1.29, 1.82) is 0 Å². The van der Waals surface area contributed by atoms with E-state index in [0.717, 1.165) is 6.42 Å². The lowest BCUT2D eigenvalue weighted by Gasteiger charge is -2.25. The third-order valence-electron chi connectivity index (χ3n) is 2.94. The van der Waals surface area contributed by atoms with Crippen molar-refractivity contribution in [3.8, 4) is 0 Å². The van der Waals surface area contributed by atoms with Gasteiger partial charge in [0.25, 0.3) is 0 Å². The fourth-order valence-electron chi connectivity index (χ4n) is 1.59. The maximum absolute atomic E-state index is 11.0. The Morgan fingerprint density at radius 3 is 2.84 bits per heavy atom. The number of methoxy groups -OCH3 is 1. The molecular weight excluding hydrogens is 246 g/mol. The molecule has 0 aliphatic rings. The van der Waals surface area contributed by atoms with Gasteiger partial charge in [-0.3, -0.25) is 0 Å². The van der Waals surface area contributed by atoms with Crippen molar-refractivity contribution in [3.63, 3.8) is 0 Å². The second kappa shape index (κ2) is 6.38. The van der Waals surface area contributed by atoms with E-state index in [-0.39, 0.29) is 16.7 Å². The Bertz CT molecular complexity index is 447. The van der Waals surface area contributed by atoms with Gasteiger partial charge in [-0.2, -0.15) is 0 Å². The molecule has 1 heterocycles. The third-order valence-corrected chi connectivity index (χ3v) is 2.94. The van der Waals surface area contributed by atoms with E-state index >= 15 is 0 Å². The lowest BCUT2D eigenvalue weighted by Crippen LogP contribution is -2.25. The highest BCUT2D eigenvalue weighted by molar-refractivity contribution is 5.96. The highest BCUT2D eigenvalue weighted by atomic mass is 16.5. The monoisotopic (exact) mass is 267 g/mol. The van der Waals surface area contributed by atoms with Gasteiger partial charge in [0.05, 0.1) is 11.3 Å². The molecule has 0 radical (unpaired) electrons. The molecule has 0 amide bonds. The summed E-state index contributed by atoms with van der Waals surface area (Å²) in [5, 5.41) is 12.1. The van der Waals surface area contributed by atoms with Gasteiger partial charge in [-0.15, -0.1) is 0 Å². The van der Waals surface area contributed by atoms with Crippen LogP contribution in [0, 0.1) is 5.41 Å². The number of nitrogens with one attached hydrogen (secondary N) is 1. The summed E-state index contributed by atoms with van der Waals surface area (Å²) in [4.78, 5) is 15.0. The van der Waals surface area contributed by atoms with E-state index < -0.39 is 5.97 Å². The zero-order chi connectivity index (χ0) is 14.5. The van der Waals surface area contributed by atoms with Crippen LogP contribution in [0.3, 0.4) is 0 Å². The van der Waals surface area contributed by atoms with E-state index in [1.54, 1.807) is 7.11 Å². The minimum Gasteiger partial charge on any atom is -0.478 e. The number of nitrogens with two attached hydrogens (primary N) is 1. The third kappa shape index (κ3) is 4.40. The first-order chi connectivity index (χ1) is 8.87. The highest BCUT2D eigenvalue weighted by Gasteiger charge is 2.19. The summed E-state index contributed by atoms with van der Waals surface area (Å²) in [6.45, 7) is 5.50. The van der Waals surface area contributed by atoms with E-state index in [1.165, 1.54) is 12.3 Å². The number of ether oxygens (including phenoxy) is 1. The lowest BCUT2D eigenvalue weighted by molar-refractivity contribution is 0.0698. The van der Waals surface area contributed by atoms with Gasteiger partial charge in [-0.1, -0.05) is 13.8 Å². The molecule has 0 unspecified atom stereocenters. The highest BCUT2D eigenvalue weighted by Crippen LogP contribution is 2.24. The molecule has 4 N–H and O–H groups in total. The van der Waals surface area contributed by atoms with Crippen LogP contribution in [0.5, 0.6) is 0 Å². The number of carbonyl (C=O) groups is 1. The number of carboxylic acid groups (broad SMARTS) is 1. The van der Waals surface area contributed by atoms with Crippen LogP contribution in [-0.2, 0) is 4.74 Å². The quantitative estimate of drug-likeness (QED) is 0.697. The first-order valence-corrected chi connectivity index (χ1v) is 6.08. The SMILES string of the molecule is COCCC(C)(C)CNc1nccc(C(=O)O)c1N. The molecule has 0 saturated carbocycles. The number of pyridine rings is 1. The largest absolute Gasteiger partial charge is 0.478 e. The lowest BCUT2D eigenvalue weighted by atomic mass is 9.90. The van der Waals surface area contributed by atoms with E-state index in [0.29, 0.717) is 19.0 Å². The summed E-state index contributed by atoms with van der Waals surface area (Å²) in [6.07, 6.45) is 2.32. The number of anilines is 2. The van der Waals surface area contributed by atoms with Crippen molar-refractivity contribution in [2.24, 2.45) is 5.41 Å². The molecule has 0 spiro atoms. The van der Waals surface area contributed by atoms with Crippen LogP contribution in [0.25, 0.3) is 0 Å². The molecule has 19 heavy (non-hydrogen) atoms. The maximum atomic E-state index is 11.0. The number of aromatic nitrogens is 1. The number of aromatic carboxylic acids is 1. The summed E-state index contributed by atoms with van der Waals surface area (Å²) in [5.74, 6) is -0.646. The topological polar surface area (TPSA) is 97.5 Å². The van der Waals surface area contributed by atoms with E-state index in [1.807, 2.05) is 0 Å². The van der Waals surface area contributed by atoms with Crippen LogP contribution in [0.1, 0.15) is 30.6 Å². The molecule has 6 nitrogen and oxygen atoms in total. The van der Waals surface area contributed by atoms with Gasteiger partial charge in [0.15, 0.2) is 0 Å². The van der Waals surface area contributed by atoms with Crippen molar-refractivity contribution in [3.05, 3.63) is 17.8 Å². The minimum absolute atomic E-state index is 0.00333. The van der Waals surface area contributed by atoms with Gasteiger partial charge in [0, 0.05) is 26.5 Å². The second-order valence-corrected chi connectivity index (χ2v) is 5.19. The zero-order valence-electron chi connectivity index (χ0n) is 11.6. The molecule has 1 aromatic heterocycles. The van der Waals surface area contributed by atoms with Gasteiger partial charge in [-0.25, -0.2) is 9.78 Å². The summed E-state index contributed by atoms with van der Waals surface area (Å²) in [7, 11) is 1.67. The van der Waals surface area contributed by atoms with Crippen molar-refractivity contribution in [1.82, 2.24) is 4.98 Å². The molecule has 106 valence electrons. The van der Waals surface area contributed by atoms with Gasteiger partial charge in [-0.05, 0) is 17.9 Å². The molecule has 0 bridgehead atoms. The van der Waals surface area contributed by atoms with E-state index in [2.05, 4.69) is 24.1 Å². The van der Waals surface area contributed by atoms with Gasteiger partial charge in [0.1, 0.15) is 5.82 Å². The fraction of sp³-hybridized carbons (Fsp3) is 0.538. The number of hydrogen-bond donors (Lipinski definition) is 3. The van der Waals surface area contributed by atoms with E-state index in [9.17, 15) is 4.79 Å². The molecule has 0 aromatic carbocycles. The Balaban J connectivity index is 2.73. The van der Waals surface area contributed by atoms with Crippen molar-refractivity contribution in [2.75, 3.05) is 31.3 Å². The molecule has 0 saturated heterocycles. The van der Waals surface area contributed by atoms with Crippen molar-refractivity contribution >= 4 is 17.5 Å². The Labute approximate surface area is 113 Å². The summed E-state index contributed by atoms with van der Waals surface area (Å²) < 4.78 is 5.06. The second-order valence-electron chi connectivity index (χ2n) is 5.19. The molecule has 0 aliphatic heterocycles. The first-order valence-electron chi connectivity index (χ1n) is 6.08. The van der Waals surface area contributed by atoms with Gasteiger partial charge >= 0.3 is 5.97 Å². The summed E-state index contributed by atoms with van der Waals surface area (Å²) in [5.41, 5.74) is 6.01. The number of nitrogen functional groups attached to an aromatic ring is 1. The van der Waals surface area contributed by atoms with Gasteiger partial charge < -0.3 is 20.9 Å². The van der Waals surface area contributed by atoms with Crippen molar-refractivity contribution in [2.45, 2.75) is 20.3 Å². The summed E-state index contributed by atoms with van der Waals surface area (Å²) >= 11 is 0. The number of carboxylic acids is 1. The van der Waals surface area contributed by atoms with Crippen LogP contribution in [-0.4, -0.2) is 36.3 Å². The molecule has 1 aromatic rings. The van der Waals surface area contributed by atoms with Crippen LogP contribution < -0.4 is 11.1 Å². The molecule has 0 atom stereocenters. The average molecular weight is 267 g/mol. The average Bonchev–Trinajstić information content (AvgIpc) is 2.35. The normalized spacial score (nSPS) is 11.3. The van der Waals surface area contributed by atoms with Gasteiger partial charge in [0.2, 0.25) is 0 Å². The molecule has 1 rings (SSSR count). The Morgan fingerprint density at radius 1 is 1.58 bits per heavy atom. The Morgan fingerprint density at radius 2 is 2.26 bits per heavy atom. The molecule has 0 fully saturated rings. The van der Waals surface area contributed by atoms with E-state index in [4.69, 9.17) is 15.6 Å². The van der Waals surface area contributed by atoms with Crippen LogP contribution in [0.2, 0.25) is 0 Å². The number of nitrogens with zero attached hydrogens (tertiary/aromatic N) is 1. The fourth-order valence-corrected chi connectivity index (χ4v) is 1.59. The predicted octanol–water partition coefficient (Wildman–Crippen LogP) is 1.84. The van der Waals surface area contributed by atoms with Crippen molar-refractivity contribution < 1.29 is 14.6 Å². The molecule has 0 aliphatic carbocycles. The number of hydrogen-bond acceptors (Lipinski definition) is 5. The van der Waals surface area contributed by atoms with Crippen LogP contribution >= 0.6 is 0 Å². The Kier molecular flexibility index (Phi) is 5.11. The maximum Gasteiger partial charge on any atom is 0.337 e. The summed E-state index contributed by atoms with van der Waals surface area (Å²) in [6, 6.07) is 1.39. The molecular formula is C13H21N3O3. The minimum atomic E-state index is -1.05. The van der Waals surface area contributed by atoms with Crippen LogP contribution in [0.4, 0.5) is 11.5 Å². The first kappa shape index (κ1) is 15.2. The predicted molar refractivity (Wildman–Crippen MR) is 74.4 cm³/mol. The standard InChI is InChI=1S/C13H21N3O3/c1-13(2,5-7-19-3)8-16-11-10(14)9(12(17)18)4-6-15-11/h4,6H,5,7-8,14H2,1-3H3,(H,15,16)(H,17,18). The van der Waals surface area contributed by atoms with Crippen LogP contribution in [0.15, 0.2) is 12.3 Å². The Hall–Kier alpha value is -1.82. The smallest absolute Gasteiger partial charge is 0.337 e. The molecule has 6 heteroatoms.